The number of rotatable bonds is 4. The average molecular weight is 320 g/mol. The van der Waals surface area contributed by atoms with Gasteiger partial charge in [0.1, 0.15) is 0 Å². The van der Waals surface area contributed by atoms with Gasteiger partial charge in [-0.2, -0.15) is 0 Å². The zero-order chi connectivity index (χ0) is 15.9. The minimum absolute atomic E-state index is 0.111. The molecule has 0 fully saturated rings. The number of aryl methyl sites for hydroxylation is 2. The van der Waals surface area contributed by atoms with Gasteiger partial charge >= 0.3 is 5.69 Å². The molecule has 3 rings (SSSR count). The molecule has 0 aliphatic rings. The van der Waals surface area contributed by atoms with E-state index in [9.17, 15) is 13.2 Å². The lowest BCUT2D eigenvalue weighted by molar-refractivity contribution is 0.581. The second-order valence-corrected chi connectivity index (χ2v) is 6.98. The first kappa shape index (κ1) is 14.6. The minimum Gasteiger partial charge on any atom is -0.362 e. The topological polar surface area (TPSA) is 111 Å². The number of hydrogen-bond donors (Lipinski definition) is 4. The van der Waals surface area contributed by atoms with Crippen molar-refractivity contribution in [1.29, 1.82) is 0 Å². The summed E-state index contributed by atoms with van der Waals surface area (Å²) < 4.78 is 27.3. The first-order chi connectivity index (χ1) is 10.3. The van der Waals surface area contributed by atoms with Crippen LogP contribution in [0.15, 0.2) is 34.0 Å². The molecule has 0 aliphatic carbocycles. The predicted molar refractivity (Wildman–Crippen MR) is 83.2 cm³/mol. The molecule has 4 N–H and O–H groups in total. The Kier molecular flexibility index (Phi) is 3.42. The maximum absolute atomic E-state index is 12.4. The van der Waals surface area contributed by atoms with Crippen LogP contribution in [-0.2, 0) is 16.6 Å². The molecule has 2 aromatic heterocycles. The van der Waals surface area contributed by atoms with E-state index in [4.69, 9.17) is 0 Å². The first-order valence-corrected chi connectivity index (χ1v) is 8.20. The molecule has 0 spiro atoms. The van der Waals surface area contributed by atoms with Gasteiger partial charge in [-0.3, -0.25) is 0 Å². The van der Waals surface area contributed by atoms with Gasteiger partial charge in [-0.25, -0.2) is 17.9 Å². The number of aromatic nitrogens is 3. The second-order valence-electron chi connectivity index (χ2n) is 5.21. The molecule has 0 amide bonds. The van der Waals surface area contributed by atoms with Gasteiger partial charge in [0.2, 0.25) is 10.0 Å². The third kappa shape index (κ3) is 2.70. The van der Waals surface area contributed by atoms with Crippen LogP contribution in [0.5, 0.6) is 0 Å². The van der Waals surface area contributed by atoms with E-state index in [0.29, 0.717) is 11.0 Å². The smallest absolute Gasteiger partial charge is 0.323 e. The van der Waals surface area contributed by atoms with Crippen LogP contribution in [0.1, 0.15) is 17.0 Å². The Bertz CT molecular complexity index is 995. The predicted octanol–water partition coefficient (Wildman–Crippen LogP) is 1.28. The zero-order valence-corrected chi connectivity index (χ0v) is 13.0. The highest BCUT2D eigenvalue weighted by molar-refractivity contribution is 7.89. The highest BCUT2D eigenvalue weighted by Crippen LogP contribution is 2.16. The van der Waals surface area contributed by atoms with Crippen molar-refractivity contribution in [1.82, 2.24) is 19.7 Å². The van der Waals surface area contributed by atoms with Crippen molar-refractivity contribution in [2.75, 3.05) is 0 Å². The van der Waals surface area contributed by atoms with Crippen LogP contribution < -0.4 is 10.4 Å². The van der Waals surface area contributed by atoms with Crippen LogP contribution in [0.4, 0.5) is 0 Å². The number of aromatic amines is 3. The monoisotopic (exact) mass is 320 g/mol. The second kappa shape index (κ2) is 5.15. The highest BCUT2D eigenvalue weighted by Gasteiger charge is 2.16. The number of sulfonamides is 1. The van der Waals surface area contributed by atoms with Gasteiger partial charge in [0, 0.05) is 17.9 Å². The fourth-order valence-corrected chi connectivity index (χ4v) is 3.43. The SMILES string of the molecule is Cc1cc(CNS(=O)(=O)c2ccc3[nH]c(=O)[nH]c3c2)c(C)[nH]1. The number of imidazole rings is 1. The van der Waals surface area contributed by atoms with E-state index in [2.05, 4.69) is 19.7 Å². The molecule has 8 heteroatoms. The summed E-state index contributed by atoms with van der Waals surface area (Å²) in [5.74, 6) is 0. The molecular formula is C14H16N4O3S. The summed E-state index contributed by atoms with van der Waals surface area (Å²) in [6, 6.07) is 6.37. The quantitative estimate of drug-likeness (QED) is 0.581. The summed E-state index contributed by atoms with van der Waals surface area (Å²) in [5, 5.41) is 0. The normalized spacial score (nSPS) is 12.1. The Morgan fingerprint density at radius 2 is 1.77 bits per heavy atom. The van der Waals surface area contributed by atoms with E-state index < -0.39 is 10.0 Å². The van der Waals surface area contributed by atoms with Crippen molar-refractivity contribution in [2.24, 2.45) is 0 Å². The number of hydrogen-bond acceptors (Lipinski definition) is 3. The van der Waals surface area contributed by atoms with E-state index >= 15 is 0 Å². The molecule has 1 aromatic carbocycles. The van der Waals surface area contributed by atoms with E-state index in [1.165, 1.54) is 12.1 Å². The van der Waals surface area contributed by atoms with Crippen molar-refractivity contribution in [3.63, 3.8) is 0 Å². The molecule has 7 nitrogen and oxygen atoms in total. The van der Waals surface area contributed by atoms with Crippen molar-refractivity contribution < 1.29 is 8.42 Å². The van der Waals surface area contributed by atoms with Crippen molar-refractivity contribution >= 4 is 21.1 Å². The molecule has 0 aliphatic heterocycles. The van der Waals surface area contributed by atoms with Gasteiger partial charge in [-0.15, -0.1) is 0 Å². The number of H-pyrrole nitrogens is 3. The maximum atomic E-state index is 12.4. The zero-order valence-electron chi connectivity index (χ0n) is 12.1. The molecule has 0 unspecified atom stereocenters. The van der Waals surface area contributed by atoms with Gasteiger partial charge in [0.15, 0.2) is 0 Å². The van der Waals surface area contributed by atoms with E-state index in [0.717, 1.165) is 17.0 Å². The molecule has 0 atom stereocenters. The third-order valence-corrected chi connectivity index (χ3v) is 4.91. The third-order valence-electron chi connectivity index (χ3n) is 3.51. The molecule has 0 saturated carbocycles. The Morgan fingerprint density at radius 1 is 1.05 bits per heavy atom. The first-order valence-electron chi connectivity index (χ1n) is 6.72. The van der Waals surface area contributed by atoms with Gasteiger partial charge in [0.05, 0.1) is 15.9 Å². The fourth-order valence-electron chi connectivity index (χ4n) is 2.40. The molecular weight excluding hydrogens is 304 g/mol. The summed E-state index contributed by atoms with van der Waals surface area (Å²) >= 11 is 0. The summed E-state index contributed by atoms with van der Waals surface area (Å²) in [7, 11) is -3.65. The largest absolute Gasteiger partial charge is 0.362 e. The molecule has 0 bridgehead atoms. The molecule has 0 radical (unpaired) electrons. The van der Waals surface area contributed by atoms with Crippen LogP contribution in [0.2, 0.25) is 0 Å². The standard InChI is InChI=1S/C14H16N4O3S/c1-8-5-10(9(2)16-8)7-15-22(20,21)11-3-4-12-13(6-11)18-14(19)17-12/h3-6,15-16H,7H2,1-2H3,(H2,17,18,19). The molecule has 3 aromatic rings. The Morgan fingerprint density at radius 3 is 2.45 bits per heavy atom. The van der Waals surface area contributed by atoms with Gasteiger partial charge in [-0.1, -0.05) is 0 Å². The lowest BCUT2D eigenvalue weighted by Crippen LogP contribution is -2.23. The van der Waals surface area contributed by atoms with Crippen molar-refractivity contribution in [3.05, 3.63) is 51.7 Å². The van der Waals surface area contributed by atoms with Gasteiger partial charge < -0.3 is 15.0 Å². The summed E-state index contributed by atoms with van der Waals surface area (Å²) in [6.07, 6.45) is 0. The van der Waals surface area contributed by atoms with E-state index in [1.807, 2.05) is 19.9 Å². The summed E-state index contributed by atoms with van der Waals surface area (Å²) in [4.78, 5) is 19.6. The number of benzene rings is 1. The van der Waals surface area contributed by atoms with Crippen LogP contribution in [0.25, 0.3) is 11.0 Å². The number of nitrogens with one attached hydrogen (secondary N) is 4. The van der Waals surface area contributed by atoms with Crippen LogP contribution in [0.3, 0.4) is 0 Å². The average Bonchev–Trinajstić information content (AvgIpc) is 2.96. The minimum atomic E-state index is -3.65. The lowest BCUT2D eigenvalue weighted by Gasteiger charge is -2.06. The van der Waals surface area contributed by atoms with Crippen LogP contribution >= 0.6 is 0 Å². The van der Waals surface area contributed by atoms with Crippen molar-refractivity contribution in [3.8, 4) is 0 Å². The Labute approximate surface area is 126 Å². The van der Waals surface area contributed by atoms with E-state index in [1.54, 1.807) is 6.07 Å². The molecule has 22 heavy (non-hydrogen) atoms. The number of fused-ring (bicyclic) bond motifs is 1. The molecule has 0 saturated heterocycles. The van der Waals surface area contributed by atoms with Gasteiger partial charge in [-0.05, 0) is 43.7 Å². The molecule has 2 heterocycles. The lowest BCUT2D eigenvalue weighted by atomic mass is 10.2. The van der Waals surface area contributed by atoms with Crippen LogP contribution in [-0.4, -0.2) is 23.4 Å². The van der Waals surface area contributed by atoms with E-state index in [-0.39, 0.29) is 17.1 Å². The van der Waals surface area contributed by atoms with Crippen molar-refractivity contribution in [2.45, 2.75) is 25.3 Å². The summed E-state index contributed by atoms with van der Waals surface area (Å²) in [6.45, 7) is 4.02. The Hall–Kier alpha value is -2.32. The van der Waals surface area contributed by atoms with Gasteiger partial charge in [0.25, 0.3) is 0 Å². The molecule has 116 valence electrons. The Balaban J connectivity index is 1.87. The summed E-state index contributed by atoms with van der Waals surface area (Å²) in [5.41, 5.74) is 3.49. The van der Waals surface area contributed by atoms with Crippen LogP contribution in [0, 0.1) is 13.8 Å². The fraction of sp³-hybridized carbons (Fsp3) is 0.214. The highest BCUT2D eigenvalue weighted by atomic mass is 32.2. The maximum Gasteiger partial charge on any atom is 0.323 e.